The minimum absolute atomic E-state index is 0.0198. The number of nitro benzene ring substituents is 1. The van der Waals surface area contributed by atoms with Gasteiger partial charge in [-0.1, -0.05) is 12.1 Å². The molecule has 2 rings (SSSR count). The summed E-state index contributed by atoms with van der Waals surface area (Å²) in [6, 6.07) is 9.57. The van der Waals surface area contributed by atoms with Crippen LogP contribution in [0.3, 0.4) is 0 Å². The number of non-ortho nitro benzene ring substituents is 1. The van der Waals surface area contributed by atoms with Crippen LogP contribution in [0.5, 0.6) is 0 Å². The number of pyridine rings is 1. The van der Waals surface area contributed by atoms with E-state index < -0.39 is 4.92 Å². The van der Waals surface area contributed by atoms with Crippen molar-refractivity contribution in [2.45, 2.75) is 6.92 Å². The van der Waals surface area contributed by atoms with Crippen molar-refractivity contribution in [1.29, 1.82) is 0 Å². The summed E-state index contributed by atoms with van der Waals surface area (Å²) in [4.78, 5) is 25.2. The maximum Gasteiger partial charge on any atom is 0.270 e. The highest BCUT2D eigenvalue weighted by Crippen LogP contribution is 2.22. The number of carbonyl (C=O) groups excluding carboxylic acids is 1. The predicted molar refractivity (Wildman–Crippen MR) is 66.5 cm³/mol. The molecular weight excluding hydrogens is 232 g/mol. The van der Waals surface area contributed by atoms with Gasteiger partial charge in [0.05, 0.1) is 10.6 Å². The van der Waals surface area contributed by atoms with Crippen molar-refractivity contribution in [3.8, 4) is 11.3 Å². The predicted octanol–water partition coefficient (Wildman–Crippen LogP) is 2.78. The van der Waals surface area contributed by atoms with Gasteiger partial charge in [-0.15, -0.1) is 0 Å². The molecule has 90 valence electrons. The molecule has 0 aliphatic heterocycles. The first kappa shape index (κ1) is 11.9. The second-order valence-electron chi connectivity index (χ2n) is 3.80. The summed E-state index contributed by atoms with van der Waals surface area (Å²) in [5.41, 5.74) is 2.41. The van der Waals surface area contributed by atoms with Gasteiger partial charge in [-0.25, -0.2) is 0 Å². The topological polar surface area (TPSA) is 73.1 Å². The molecule has 0 atom stereocenters. The van der Waals surface area contributed by atoms with E-state index in [0.717, 1.165) is 6.29 Å². The Morgan fingerprint density at radius 2 is 2.06 bits per heavy atom. The van der Waals surface area contributed by atoms with Crippen LogP contribution in [0.25, 0.3) is 11.3 Å². The lowest BCUT2D eigenvalue weighted by Gasteiger charge is -2.03. The Morgan fingerprint density at radius 1 is 1.28 bits per heavy atom. The van der Waals surface area contributed by atoms with E-state index in [2.05, 4.69) is 4.98 Å². The van der Waals surface area contributed by atoms with Crippen LogP contribution in [-0.2, 0) is 0 Å². The number of carbonyl (C=O) groups is 1. The minimum Gasteiger partial charge on any atom is -0.298 e. The summed E-state index contributed by atoms with van der Waals surface area (Å²) in [5.74, 6) is 0. The van der Waals surface area contributed by atoms with Gasteiger partial charge in [0.1, 0.15) is 0 Å². The second-order valence-corrected chi connectivity index (χ2v) is 3.80. The fraction of sp³-hybridized carbons (Fsp3) is 0.0769. The summed E-state index contributed by atoms with van der Waals surface area (Å²) in [6.07, 6.45) is 0.736. The maximum atomic E-state index is 10.7. The third kappa shape index (κ3) is 2.24. The molecule has 0 saturated heterocycles. The Kier molecular flexibility index (Phi) is 3.14. The van der Waals surface area contributed by atoms with Crippen molar-refractivity contribution < 1.29 is 9.72 Å². The van der Waals surface area contributed by atoms with Gasteiger partial charge in [0.2, 0.25) is 0 Å². The fourth-order valence-corrected chi connectivity index (χ4v) is 1.64. The summed E-state index contributed by atoms with van der Waals surface area (Å²) in [7, 11) is 0. The van der Waals surface area contributed by atoms with Crippen LogP contribution < -0.4 is 0 Å². The number of aryl methyl sites for hydroxylation is 1. The molecular formula is C13H10N2O3. The van der Waals surface area contributed by atoms with E-state index in [9.17, 15) is 14.9 Å². The minimum atomic E-state index is -0.448. The molecule has 5 nitrogen and oxygen atoms in total. The quantitative estimate of drug-likeness (QED) is 0.471. The van der Waals surface area contributed by atoms with Crippen LogP contribution >= 0.6 is 0 Å². The lowest BCUT2D eigenvalue weighted by atomic mass is 10.1. The lowest BCUT2D eigenvalue weighted by Crippen LogP contribution is -1.94. The lowest BCUT2D eigenvalue weighted by molar-refractivity contribution is -0.384. The molecule has 1 heterocycles. The van der Waals surface area contributed by atoms with Crippen LogP contribution in [0, 0.1) is 17.0 Å². The van der Waals surface area contributed by atoms with Crippen molar-refractivity contribution >= 4 is 12.0 Å². The van der Waals surface area contributed by atoms with Gasteiger partial charge in [-0.2, -0.15) is 0 Å². The number of aromatic nitrogens is 1. The number of benzene rings is 1. The Balaban J connectivity index is 2.48. The third-order valence-corrected chi connectivity index (χ3v) is 2.61. The first-order valence-electron chi connectivity index (χ1n) is 5.29. The number of nitrogens with zero attached hydrogens (tertiary/aromatic N) is 2. The Bertz CT molecular complexity index is 623. The largest absolute Gasteiger partial charge is 0.298 e. The van der Waals surface area contributed by atoms with E-state index in [1.54, 1.807) is 31.2 Å². The SMILES string of the molecule is Cc1nc(-c2cccc([N+](=O)[O-])c2)ccc1C=O. The fourth-order valence-electron chi connectivity index (χ4n) is 1.64. The summed E-state index contributed by atoms with van der Waals surface area (Å²) in [5, 5.41) is 10.7. The molecule has 1 aromatic carbocycles. The van der Waals surface area contributed by atoms with Crippen molar-refractivity contribution in [3.05, 3.63) is 57.8 Å². The molecule has 0 N–H and O–H groups in total. The van der Waals surface area contributed by atoms with Crippen LogP contribution in [-0.4, -0.2) is 16.2 Å². The average Bonchev–Trinajstić information content (AvgIpc) is 2.38. The van der Waals surface area contributed by atoms with Gasteiger partial charge in [-0.3, -0.25) is 19.9 Å². The highest BCUT2D eigenvalue weighted by Gasteiger charge is 2.08. The Hall–Kier alpha value is -2.56. The molecule has 0 aliphatic rings. The zero-order valence-corrected chi connectivity index (χ0v) is 9.66. The number of nitro groups is 1. The standard InChI is InChI=1S/C13H10N2O3/c1-9-11(8-16)5-6-13(14-9)10-3-2-4-12(7-10)15(17)18/h2-8H,1H3. The zero-order chi connectivity index (χ0) is 13.1. The van der Waals surface area contributed by atoms with E-state index in [1.807, 2.05) is 0 Å². The highest BCUT2D eigenvalue weighted by atomic mass is 16.6. The smallest absolute Gasteiger partial charge is 0.270 e. The first-order chi connectivity index (χ1) is 8.61. The summed E-state index contributed by atoms with van der Waals surface area (Å²) >= 11 is 0. The molecule has 2 aromatic rings. The number of aldehydes is 1. The van der Waals surface area contributed by atoms with Crippen molar-refractivity contribution in [2.75, 3.05) is 0 Å². The maximum absolute atomic E-state index is 10.7. The van der Waals surface area contributed by atoms with Gasteiger partial charge in [0, 0.05) is 29.0 Å². The van der Waals surface area contributed by atoms with E-state index >= 15 is 0 Å². The van der Waals surface area contributed by atoms with Gasteiger partial charge >= 0.3 is 0 Å². The van der Waals surface area contributed by atoms with Crippen LogP contribution in [0.15, 0.2) is 36.4 Å². The number of hydrogen-bond acceptors (Lipinski definition) is 4. The average molecular weight is 242 g/mol. The van der Waals surface area contributed by atoms with Gasteiger partial charge in [-0.05, 0) is 19.1 Å². The monoisotopic (exact) mass is 242 g/mol. The van der Waals surface area contributed by atoms with Gasteiger partial charge in [0.25, 0.3) is 5.69 Å². The Morgan fingerprint density at radius 3 is 2.67 bits per heavy atom. The number of rotatable bonds is 3. The van der Waals surface area contributed by atoms with Crippen molar-refractivity contribution in [1.82, 2.24) is 4.98 Å². The third-order valence-electron chi connectivity index (χ3n) is 2.61. The molecule has 0 fully saturated rings. The van der Waals surface area contributed by atoms with Crippen molar-refractivity contribution in [2.24, 2.45) is 0 Å². The van der Waals surface area contributed by atoms with E-state index in [-0.39, 0.29) is 5.69 Å². The molecule has 0 spiro atoms. The molecule has 5 heteroatoms. The molecule has 0 amide bonds. The molecule has 0 bridgehead atoms. The second kappa shape index (κ2) is 4.75. The van der Waals surface area contributed by atoms with E-state index in [0.29, 0.717) is 22.5 Å². The van der Waals surface area contributed by atoms with E-state index in [1.165, 1.54) is 12.1 Å². The normalized spacial score (nSPS) is 10.1. The van der Waals surface area contributed by atoms with Gasteiger partial charge in [0.15, 0.2) is 6.29 Å². The van der Waals surface area contributed by atoms with E-state index in [4.69, 9.17) is 0 Å². The van der Waals surface area contributed by atoms with Crippen LogP contribution in [0.2, 0.25) is 0 Å². The molecule has 0 unspecified atom stereocenters. The summed E-state index contributed by atoms with van der Waals surface area (Å²) in [6.45, 7) is 1.73. The zero-order valence-electron chi connectivity index (χ0n) is 9.66. The molecule has 1 aromatic heterocycles. The molecule has 0 saturated carbocycles. The summed E-state index contributed by atoms with van der Waals surface area (Å²) < 4.78 is 0. The van der Waals surface area contributed by atoms with Crippen LogP contribution in [0.4, 0.5) is 5.69 Å². The van der Waals surface area contributed by atoms with Crippen molar-refractivity contribution in [3.63, 3.8) is 0 Å². The highest BCUT2D eigenvalue weighted by molar-refractivity contribution is 5.77. The molecule has 18 heavy (non-hydrogen) atoms. The molecule has 0 radical (unpaired) electrons. The first-order valence-corrected chi connectivity index (χ1v) is 5.29. The van der Waals surface area contributed by atoms with Crippen LogP contribution in [0.1, 0.15) is 16.1 Å². The van der Waals surface area contributed by atoms with Gasteiger partial charge < -0.3 is 0 Å². The Labute approximate surface area is 103 Å². The number of hydrogen-bond donors (Lipinski definition) is 0. The molecule has 0 aliphatic carbocycles.